The molecule has 1 heterocycles. The van der Waals surface area contributed by atoms with Crippen LogP contribution >= 0.6 is 0 Å². The van der Waals surface area contributed by atoms with E-state index in [0.717, 1.165) is 5.56 Å². The Morgan fingerprint density at radius 3 is 2.90 bits per heavy atom. The SMILES string of the molecule is COc1ccnc(NCc2cccc([N+](=O)[O-])c2C)n1. The van der Waals surface area contributed by atoms with Crippen molar-refractivity contribution >= 4 is 11.6 Å². The molecule has 0 aliphatic heterocycles. The first kappa shape index (κ1) is 13.7. The zero-order valence-corrected chi connectivity index (χ0v) is 11.2. The number of nitro groups is 1. The van der Waals surface area contributed by atoms with E-state index in [-0.39, 0.29) is 10.6 Å². The number of nitro benzene ring substituents is 1. The second-order valence-electron chi connectivity index (χ2n) is 4.09. The Bertz CT molecular complexity index is 631. The van der Waals surface area contributed by atoms with E-state index in [2.05, 4.69) is 15.3 Å². The molecule has 1 N–H and O–H groups in total. The average Bonchev–Trinajstić information content (AvgIpc) is 2.46. The highest BCUT2D eigenvalue weighted by atomic mass is 16.6. The second kappa shape index (κ2) is 5.96. The van der Waals surface area contributed by atoms with Crippen molar-refractivity contribution < 1.29 is 9.66 Å². The van der Waals surface area contributed by atoms with Crippen LogP contribution in [0.4, 0.5) is 11.6 Å². The van der Waals surface area contributed by atoms with Gasteiger partial charge < -0.3 is 10.1 Å². The minimum absolute atomic E-state index is 0.107. The molecule has 0 aliphatic rings. The molecule has 2 aromatic rings. The molecule has 0 saturated heterocycles. The van der Waals surface area contributed by atoms with Gasteiger partial charge in [-0.2, -0.15) is 4.98 Å². The number of nitrogens with one attached hydrogen (secondary N) is 1. The van der Waals surface area contributed by atoms with Gasteiger partial charge in [-0.05, 0) is 12.5 Å². The molecule has 0 aliphatic carbocycles. The number of nitrogens with zero attached hydrogens (tertiary/aromatic N) is 3. The van der Waals surface area contributed by atoms with Gasteiger partial charge in [0, 0.05) is 30.4 Å². The maximum Gasteiger partial charge on any atom is 0.272 e. The zero-order valence-electron chi connectivity index (χ0n) is 11.2. The minimum atomic E-state index is -0.388. The van der Waals surface area contributed by atoms with Gasteiger partial charge in [0.25, 0.3) is 5.69 Å². The Morgan fingerprint density at radius 2 is 2.20 bits per heavy atom. The summed E-state index contributed by atoms with van der Waals surface area (Å²) in [6.07, 6.45) is 1.58. The highest BCUT2D eigenvalue weighted by Crippen LogP contribution is 2.21. The summed E-state index contributed by atoms with van der Waals surface area (Å²) in [7, 11) is 1.52. The molecule has 0 amide bonds. The Morgan fingerprint density at radius 1 is 1.40 bits per heavy atom. The van der Waals surface area contributed by atoms with E-state index in [0.29, 0.717) is 23.9 Å². The lowest BCUT2D eigenvalue weighted by Gasteiger charge is -2.08. The third kappa shape index (κ3) is 3.00. The summed E-state index contributed by atoms with van der Waals surface area (Å²) in [6.45, 7) is 2.13. The topological polar surface area (TPSA) is 90.2 Å². The third-order valence-electron chi connectivity index (χ3n) is 2.89. The fourth-order valence-corrected chi connectivity index (χ4v) is 1.77. The number of aromatic nitrogens is 2. The molecule has 0 radical (unpaired) electrons. The lowest BCUT2D eigenvalue weighted by Crippen LogP contribution is -2.06. The first-order valence-electron chi connectivity index (χ1n) is 5.95. The zero-order chi connectivity index (χ0) is 14.5. The number of rotatable bonds is 5. The first-order chi connectivity index (χ1) is 9.61. The molecule has 20 heavy (non-hydrogen) atoms. The van der Waals surface area contributed by atoms with E-state index in [1.165, 1.54) is 13.2 Å². The van der Waals surface area contributed by atoms with E-state index >= 15 is 0 Å². The summed E-state index contributed by atoms with van der Waals surface area (Å²) < 4.78 is 5.00. The van der Waals surface area contributed by atoms with Gasteiger partial charge in [-0.3, -0.25) is 10.1 Å². The molecule has 0 saturated carbocycles. The van der Waals surface area contributed by atoms with Gasteiger partial charge in [-0.15, -0.1) is 0 Å². The van der Waals surface area contributed by atoms with Crippen LogP contribution in [-0.4, -0.2) is 22.0 Å². The van der Waals surface area contributed by atoms with Crippen molar-refractivity contribution in [2.45, 2.75) is 13.5 Å². The lowest BCUT2D eigenvalue weighted by atomic mass is 10.1. The van der Waals surface area contributed by atoms with Gasteiger partial charge in [-0.25, -0.2) is 4.98 Å². The van der Waals surface area contributed by atoms with Crippen molar-refractivity contribution in [2.75, 3.05) is 12.4 Å². The Kier molecular flexibility index (Phi) is 4.09. The standard InChI is InChI=1S/C13H14N4O3/c1-9-10(4-3-5-11(9)17(18)19)8-15-13-14-7-6-12(16-13)20-2/h3-7H,8H2,1-2H3,(H,14,15,16). The molecular formula is C13H14N4O3. The van der Waals surface area contributed by atoms with Crippen LogP contribution in [0.2, 0.25) is 0 Å². The van der Waals surface area contributed by atoms with Crippen LogP contribution in [0.15, 0.2) is 30.5 Å². The molecule has 104 valence electrons. The van der Waals surface area contributed by atoms with Crippen LogP contribution in [0.1, 0.15) is 11.1 Å². The van der Waals surface area contributed by atoms with Crippen molar-refractivity contribution in [3.63, 3.8) is 0 Å². The van der Waals surface area contributed by atoms with Gasteiger partial charge in [-0.1, -0.05) is 12.1 Å². The fourth-order valence-electron chi connectivity index (χ4n) is 1.77. The van der Waals surface area contributed by atoms with Crippen molar-refractivity contribution in [1.82, 2.24) is 9.97 Å². The summed E-state index contributed by atoms with van der Waals surface area (Å²) in [6, 6.07) is 6.62. The maximum atomic E-state index is 10.9. The number of hydrogen-bond acceptors (Lipinski definition) is 6. The first-order valence-corrected chi connectivity index (χ1v) is 5.95. The molecule has 2 rings (SSSR count). The van der Waals surface area contributed by atoms with E-state index in [1.807, 2.05) is 6.07 Å². The summed E-state index contributed by atoms with van der Waals surface area (Å²) >= 11 is 0. The van der Waals surface area contributed by atoms with E-state index in [1.54, 1.807) is 25.3 Å². The number of hydrogen-bond donors (Lipinski definition) is 1. The highest BCUT2D eigenvalue weighted by Gasteiger charge is 2.13. The Labute approximate surface area is 115 Å². The molecule has 7 nitrogen and oxygen atoms in total. The Hall–Kier alpha value is -2.70. The molecule has 7 heteroatoms. The van der Waals surface area contributed by atoms with Gasteiger partial charge in [0.2, 0.25) is 11.8 Å². The monoisotopic (exact) mass is 274 g/mol. The fraction of sp³-hybridized carbons (Fsp3) is 0.231. The number of anilines is 1. The van der Waals surface area contributed by atoms with Crippen LogP contribution in [0, 0.1) is 17.0 Å². The molecule has 0 atom stereocenters. The van der Waals surface area contributed by atoms with Crippen LogP contribution in [-0.2, 0) is 6.54 Å². The summed E-state index contributed by atoms with van der Waals surface area (Å²) in [4.78, 5) is 18.7. The van der Waals surface area contributed by atoms with Crippen molar-refractivity contribution in [1.29, 1.82) is 0 Å². The molecule has 1 aromatic heterocycles. The van der Waals surface area contributed by atoms with Crippen LogP contribution < -0.4 is 10.1 Å². The Balaban J connectivity index is 2.14. The molecular weight excluding hydrogens is 260 g/mol. The maximum absolute atomic E-state index is 10.9. The van der Waals surface area contributed by atoms with Crippen LogP contribution in [0.25, 0.3) is 0 Å². The summed E-state index contributed by atoms with van der Waals surface area (Å²) in [5.74, 6) is 0.869. The molecule has 0 spiro atoms. The lowest BCUT2D eigenvalue weighted by molar-refractivity contribution is -0.385. The number of methoxy groups -OCH3 is 1. The van der Waals surface area contributed by atoms with Crippen LogP contribution in [0.3, 0.4) is 0 Å². The van der Waals surface area contributed by atoms with E-state index in [9.17, 15) is 10.1 Å². The largest absolute Gasteiger partial charge is 0.481 e. The van der Waals surface area contributed by atoms with E-state index < -0.39 is 0 Å². The predicted molar refractivity (Wildman–Crippen MR) is 73.7 cm³/mol. The smallest absolute Gasteiger partial charge is 0.272 e. The van der Waals surface area contributed by atoms with Crippen molar-refractivity contribution in [3.8, 4) is 5.88 Å². The van der Waals surface area contributed by atoms with Gasteiger partial charge >= 0.3 is 0 Å². The summed E-state index contributed by atoms with van der Waals surface area (Å²) in [5.41, 5.74) is 1.56. The minimum Gasteiger partial charge on any atom is -0.481 e. The van der Waals surface area contributed by atoms with E-state index in [4.69, 9.17) is 4.74 Å². The van der Waals surface area contributed by atoms with Gasteiger partial charge in [0.1, 0.15) is 0 Å². The van der Waals surface area contributed by atoms with Gasteiger partial charge in [0.05, 0.1) is 12.0 Å². The molecule has 0 bridgehead atoms. The number of benzene rings is 1. The van der Waals surface area contributed by atoms with Crippen molar-refractivity contribution in [3.05, 3.63) is 51.7 Å². The third-order valence-corrected chi connectivity index (χ3v) is 2.89. The highest BCUT2D eigenvalue weighted by molar-refractivity contribution is 5.45. The summed E-state index contributed by atoms with van der Waals surface area (Å²) in [5, 5.41) is 13.9. The molecule has 0 unspecified atom stereocenters. The molecule has 1 aromatic carbocycles. The quantitative estimate of drug-likeness (QED) is 0.664. The predicted octanol–water partition coefficient (Wildman–Crippen LogP) is 2.31. The van der Waals surface area contributed by atoms with Crippen molar-refractivity contribution in [2.24, 2.45) is 0 Å². The average molecular weight is 274 g/mol. The van der Waals surface area contributed by atoms with Gasteiger partial charge in [0.15, 0.2) is 0 Å². The normalized spacial score (nSPS) is 10.1. The number of ether oxygens (including phenoxy) is 1. The molecule has 0 fully saturated rings. The van der Waals surface area contributed by atoms with Crippen LogP contribution in [0.5, 0.6) is 5.88 Å². The second-order valence-corrected chi connectivity index (χ2v) is 4.09.